The molecule has 0 amide bonds. The highest BCUT2D eigenvalue weighted by Crippen LogP contribution is 2.03. The number of hydrogen-bond donors (Lipinski definition) is 2. The van der Waals surface area contributed by atoms with Gasteiger partial charge in [-0.15, -0.1) is 0 Å². The molecule has 7 heteroatoms. The molecular formula is C18H35NO6. The first-order valence-electron chi connectivity index (χ1n) is 9.11. The highest BCUT2D eigenvalue weighted by atomic mass is 16.6. The van der Waals surface area contributed by atoms with Crippen LogP contribution >= 0.6 is 0 Å². The first-order valence-corrected chi connectivity index (χ1v) is 9.11. The molecule has 0 radical (unpaired) electrons. The van der Waals surface area contributed by atoms with E-state index >= 15 is 0 Å². The Balaban J connectivity index is 3.09. The molecule has 0 unspecified atom stereocenters. The number of carboxylic acid groups (broad SMARTS) is 1. The lowest BCUT2D eigenvalue weighted by molar-refractivity contribution is -0.138. The van der Waals surface area contributed by atoms with E-state index in [4.69, 9.17) is 24.1 Å². The second-order valence-corrected chi connectivity index (χ2v) is 5.58. The number of allylic oxidation sites excluding steroid dienone is 1. The summed E-state index contributed by atoms with van der Waals surface area (Å²) in [5.74, 6) is -0.857. The number of carboxylic acids is 1. The largest absolute Gasteiger partial charge is 0.481 e. The lowest BCUT2D eigenvalue weighted by Gasteiger charge is -2.10. The third kappa shape index (κ3) is 20.8. The van der Waals surface area contributed by atoms with E-state index in [0.717, 1.165) is 18.7 Å². The predicted molar refractivity (Wildman–Crippen MR) is 96.8 cm³/mol. The number of hydrogen-bond acceptors (Lipinski definition) is 6. The van der Waals surface area contributed by atoms with Gasteiger partial charge >= 0.3 is 5.97 Å². The van der Waals surface area contributed by atoms with E-state index in [1.807, 2.05) is 0 Å². The number of unbranched alkanes of at least 4 members (excludes halogenated alkanes) is 2. The maximum atomic E-state index is 10.3. The molecule has 0 fully saturated rings. The SMILES string of the molecule is C=C(CCCCC)NCCOCCOCCOCCOCCC(=O)O. The summed E-state index contributed by atoms with van der Waals surface area (Å²) in [4.78, 5) is 10.3. The fraction of sp³-hybridized carbons (Fsp3) is 0.833. The van der Waals surface area contributed by atoms with Crippen molar-refractivity contribution in [3.05, 3.63) is 12.3 Å². The average molecular weight is 361 g/mol. The maximum Gasteiger partial charge on any atom is 0.305 e. The average Bonchev–Trinajstić information content (AvgIpc) is 2.58. The van der Waals surface area contributed by atoms with Crippen molar-refractivity contribution in [3.8, 4) is 0 Å². The van der Waals surface area contributed by atoms with Crippen molar-refractivity contribution < 1.29 is 28.8 Å². The van der Waals surface area contributed by atoms with Crippen LogP contribution in [-0.2, 0) is 23.7 Å². The smallest absolute Gasteiger partial charge is 0.305 e. The van der Waals surface area contributed by atoms with Crippen LogP contribution in [0.15, 0.2) is 12.3 Å². The highest BCUT2D eigenvalue weighted by molar-refractivity contribution is 5.66. The van der Waals surface area contributed by atoms with E-state index < -0.39 is 5.97 Å². The summed E-state index contributed by atoms with van der Waals surface area (Å²) in [7, 11) is 0. The molecule has 0 aliphatic carbocycles. The van der Waals surface area contributed by atoms with Crippen molar-refractivity contribution >= 4 is 5.97 Å². The van der Waals surface area contributed by atoms with Gasteiger partial charge < -0.3 is 29.4 Å². The molecule has 0 aliphatic heterocycles. The first kappa shape index (κ1) is 23.9. The Morgan fingerprint density at radius 3 is 1.88 bits per heavy atom. The zero-order valence-corrected chi connectivity index (χ0v) is 15.6. The molecule has 2 N–H and O–H groups in total. The lowest BCUT2D eigenvalue weighted by Crippen LogP contribution is -2.20. The fourth-order valence-corrected chi connectivity index (χ4v) is 1.90. The standard InChI is InChI=1S/C18H35NO6/c1-3-4-5-6-17(2)19-8-10-23-12-14-25-16-15-24-13-11-22-9-7-18(20)21/h19H,2-16H2,1H3,(H,20,21). The van der Waals surface area contributed by atoms with Crippen LogP contribution in [0.4, 0.5) is 0 Å². The number of aliphatic carboxylic acids is 1. The third-order valence-corrected chi connectivity index (χ3v) is 3.28. The van der Waals surface area contributed by atoms with Crippen LogP contribution in [0.2, 0.25) is 0 Å². The van der Waals surface area contributed by atoms with Gasteiger partial charge in [-0.2, -0.15) is 0 Å². The molecule has 0 rings (SSSR count). The molecule has 0 aliphatic rings. The molecule has 0 saturated heterocycles. The molecular weight excluding hydrogens is 326 g/mol. The summed E-state index contributed by atoms with van der Waals surface area (Å²) in [5, 5.41) is 11.7. The zero-order chi connectivity index (χ0) is 18.6. The van der Waals surface area contributed by atoms with Crippen molar-refractivity contribution in [1.82, 2.24) is 5.32 Å². The van der Waals surface area contributed by atoms with Crippen molar-refractivity contribution in [1.29, 1.82) is 0 Å². The second-order valence-electron chi connectivity index (χ2n) is 5.58. The molecule has 148 valence electrons. The summed E-state index contributed by atoms with van der Waals surface area (Å²) in [6, 6.07) is 0. The van der Waals surface area contributed by atoms with E-state index in [2.05, 4.69) is 18.8 Å². The van der Waals surface area contributed by atoms with Gasteiger partial charge in [0, 0.05) is 12.2 Å². The number of ether oxygens (including phenoxy) is 4. The Labute approximate surface area is 151 Å². The number of nitrogens with one attached hydrogen (secondary N) is 1. The fourth-order valence-electron chi connectivity index (χ4n) is 1.90. The minimum atomic E-state index is -0.857. The van der Waals surface area contributed by atoms with Crippen molar-refractivity contribution in [2.75, 3.05) is 59.4 Å². The van der Waals surface area contributed by atoms with E-state index in [9.17, 15) is 4.79 Å². The van der Waals surface area contributed by atoms with Crippen LogP contribution in [0, 0.1) is 0 Å². The molecule has 0 aromatic carbocycles. The topological polar surface area (TPSA) is 86.3 Å². The first-order chi connectivity index (χ1) is 12.2. The van der Waals surface area contributed by atoms with Gasteiger partial charge in [0.15, 0.2) is 0 Å². The molecule has 0 aromatic heterocycles. The monoisotopic (exact) mass is 361 g/mol. The van der Waals surface area contributed by atoms with E-state index in [1.54, 1.807) is 0 Å². The van der Waals surface area contributed by atoms with Gasteiger partial charge in [-0.25, -0.2) is 0 Å². The van der Waals surface area contributed by atoms with Crippen molar-refractivity contribution in [2.45, 2.75) is 39.0 Å². The quantitative estimate of drug-likeness (QED) is 0.322. The van der Waals surface area contributed by atoms with E-state index in [0.29, 0.717) is 46.2 Å². The molecule has 0 bridgehead atoms. The Kier molecular flexibility index (Phi) is 18.3. The normalized spacial score (nSPS) is 10.8. The van der Waals surface area contributed by atoms with Gasteiger partial charge in [-0.3, -0.25) is 4.79 Å². The van der Waals surface area contributed by atoms with E-state index in [1.165, 1.54) is 19.3 Å². The van der Waals surface area contributed by atoms with Crippen LogP contribution in [0.3, 0.4) is 0 Å². The molecule has 0 spiro atoms. The third-order valence-electron chi connectivity index (χ3n) is 3.28. The van der Waals surface area contributed by atoms with Gasteiger partial charge in [0.2, 0.25) is 0 Å². The van der Waals surface area contributed by atoms with Crippen molar-refractivity contribution in [2.24, 2.45) is 0 Å². The maximum absolute atomic E-state index is 10.3. The van der Waals surface area contributed by atoms with Crippen LogP contribution in [-0.4, -0.2) is 70.5 Å². The molecule has 7 nitrogen and oxygen atoms in total. The summed E-state index contributed by atoms with van der Waals surface area (Å²) in [6.07, 6.45) is 4.71. The van der Waals surface area contributed by atoms with Crippen molar-refractivity contribution in [3.63, 3.8) is 0 Å². The van der Waals surface area contributed by atoms with Crippen LogP contribution in [0.25, 0.3) is 0 Å². The van der Waals surface area contributed by atoms with Gasteiger partial charge in [0.1, 0.15) is 0 Å². The molecule has 0 aromatic rings. The van der Waals surface area contributed by atoms with E-state index in [-0.39, 0.29) is 13.0 Å². The Hall–Kier alpha value is -1.15. The Bertz CT molecular complexity index is 325. The van der Waals surface area contributed by atoms with Gasteiger partial charge in [0.25, 0.3) is 0 Å². The van der Waals surface area contributed by atoms with Crippen LogP contribution in [0.1, 0.15) is 39.0 Å². The summed E-state index contributed by atoms with van der Waals surface area (Å²) in [5.41, 5.74) is 1.08. The minimum Gasteiger partial charge on any atom is -0.481 e. The van der Waals surface area contributed by atoms with Gasteiger partial charge in [-0.05, 0) is 12.8 Å². The van der Waals surface area contributed by atoms with Gasteiger partial charge in [0.05, 0.1) is 59.3 Å². The summed E-state index contributed by atoms with van der Waals surface area (Å²) in [6.45, 7) is 10.7. The Morgan fingerprint density at radius 2 is 1.36 bits per heavy atom. The van der Waals surface area contributed by atoms with Crippen LogP contribution < -0.4 is 5.32 Å². The number of carbonyl (C=O) groups is 1. The minimum absolute atomic E-state index is 0.0194. The predicted octanol–water partition coefficient (Wildman–Crippen LogP) is 2.21. The summed E-state index contributed by atoms with van der Waals surface area (Å²) >= 11 is 0. The zero-order valence-electron chi connectivity index (χ0n) is 15.6. The molecule has 0 atom stereocenters. The summed E-state index contributed by atoms with van der Waals surface area (Å²) < 4.78 is 21.2. The highest BCUT2D eigenvalue weighted by Gasteiger charge is 1.97. The molecule has 0 heterocycles. The lowest BCUT2D eigenvalue weighted by atomic mass is 10.2. The van der Waals surface area contributed by atoms with Crippen LogP contribution in [0.5, 0.6) is 0 Å². The molecule has 25 heavy (non-hydrogen) atoms. The Morgan fingerprint density at radius 1 is 0.840 bits per heavy atom. The molecule has 0 saturated carbocycles. The number of rotatable bonds is 20. The second kappa shape index (κ2) is 19.2. The van der Waals surface area contributed by atoms with Gasteiger partial charge in [-0.1, -0.05) is 26.3 Å².